The van der Waals surface area contributed by atoms with Crippen LogP contribution in [0.5, 0.6) is 0 Å². The summed E-state index contributed by atoms with van der Waals surface area (Å²) in [4.78, 5) is 0.228. The van der Waals surface area contributed by atoms with Crippen LogP contribution < -0.4 is 10.5 Å². The topological polar surface area (TPSA) is 72.2 Å². The van der Waals surface area contributed by atoms with Gasteiger partial charge in [0.05, 0.1) is 17.0 Å². The van der Waals surface area contributed by atoms with Gasteiger partial charge in [-0.1, -0.05) is 93.6 Å². The third kappa shape index (κ3) is 5.12. The van der Waals surface area contributed by atoms with E-state index < -0.39 is 22.1 Å². The summed E-state index contributed by atoms with van der Waals surface area (Å²) >= 11 is 0. The number of nitrogens with one attached hydrogen (secondary N) is 1. The molecule has 0 spiro atoms. The number of sulfonamides is 1. The lowest BCUT2D eigenvalue weighted by Crippen LogP contribution is -2.36. The zero-order valence-electron chi connectivity index (χ0n) is 17.0. The smallest absolute Gasteiger partial charge is 0.241 e. The Hall–Kier alpha value is -2.47. The van der Waals surface area contributed by atoms with Crippen molar-refractivity contribution in [2.24, 2.45) is 5.73 Å². The second-order valence-electron chi connectivity index (χ2n) is 8.22. The molecule has 3 aromatic rings. The Labute approximate surface area is 173 Å². The molecule has 3 N–H and O–H groups in total. The Balaban J connectivity index is 1.95. The molecule has 0 saturated heterocycles. The average molecular weight is 409 g/mol. The summed E-state index contributed by atoms with van der Waals surface area (Å²) in [5, 5.41) is 0. The summed E-state index contributed by atoms with van der Waals surface area (Å²) in [6.07, 6.45) is 0. The molecular weight excluding hydrogens is 380 g/mol. The monoisotopic (exact) mass is 408 g/mol. The molecule has 3 aromatic carbocycles. The summed E-state index contributed by atoms with van der Waals surface area (Å²) in [5.74, 6) is 0. The number of nitrogens with two attached hydrogens (primary N) is 1. The Kier molecular flexibility index (Phi) is 6.22. The van der Waals surface area contributed by atoms with Gasteiger partial charge in [0.1, 0.15) is 0 Å². The fourth-order valence-electron chi connectivity index (χ4n) is 3.25. The quantitative estimate of drug-likeness (QED) is 0.621. The minimum absolute atomic E-state index is 0.0437. The third-order valence-corrected chi connectivity index (χ3v) is 6.47. The SMILES string of the molecule is CC(C)(C)c1ccc(S(=O)(=O)NC(c2ccccc2)C(N)c2ccccc2)cc1. The lowest BCUT2D eigenvalue weighted by molar-refractivity contribution is 0.504. The van der Waals surface area contributed by atoms with E-state index in [1.807, 2.05) is 72.8 Å². The van der Waals surface area contributed by atoms with Gasteiger partial charge in [-0.05, 0) is 34.2 Å². The molecule has 0 aromatic heterocycles. The number of rotatable bonds is 6. The molecule has 4 nitrogen and oxygen atoms in total. The first-order valence-electron chi connectivity index (χ1n) is 9.67. The molecule has 29 heavy (non-hydrogen) atoms. The van der Waals surface area contributed by atoms with Crippen molar-refractivity contribution in [3.63, 3.8) is 0 Å². The van der Waals surface area contributed by atoms with Gasteiger partial charge in [0.15, 0.2) is 0 Å². The largest absolute Gasteiger partial charge is 0.322 e. The first kappa shape index (κ1) is 21.2. The minimum Gasteiger partial charge on any atom is -0.322 e. The zero-order valence-corrected chi connectivity index (χ0v) is 17.9. The van der Waals surface area contributed by atoms with Crippen molar-refractivity contribution in [1.29, 1.82) is 0 Å². The Morgan fingerprint density at radius 3 is 1.72 bits per heavy atom. The molecule has 0 bridgehead atoms. The maximum Gasteiger partial charge on any atom is 0.241 e. The molecule has 0 fully saturated rings. The molecule has 0 radical (unpaired) electrons. The first-order valence-corrected chi connectivity index (χ1v) is 11.2. The van der Waals surface area contributed by atoms with E-state index in [-0.39, 0.29) is 10.3 Å². The maximum atomic E-state index is 13.1. The van der Waals surface area contributed by atoms with Crippen molar-refractivity contribution in [3.05, 3.63) is 102 Å². The van der Waals surface area contributed by atoms with E-state index in [4.69, 9.17) is 5.73 Å². The molecule has 0 heterocycles. The molecule has 0 aliphatic heterocycles. The molecule has 152 valence electrons. The van der Waals surface area contributed by atoms with Gasteiger partial charge < -0.3 is 5.73 Å². The van der Waals surface area contributed by atoms with Crippen molar-refractivity contribution in [1.82, 2.24) is 4.72 Å². The van der Waals surface area contributed by atoms with E-state index in [1.165, 1.54) is 0 Å². The number of hydrogen-bond acceptors (Lipinski definition) is 3. The summed E-state index contributed by atoms with van der Waals surface area (Å²) in [6, 6.07) is 24.9. The highest BCUT2D eigenvalue weighted by Crippen LogP contribution is 2.29. The van der Waals surface area contributed by atoms with E-state index >= 15 is 0 Å². The predicted octanol–water partition coefficient (Wildman–Crippen LogP) is 4.70. The Morgan fingerprint density at radius 2 is 1.24 bits per heavy atom. The molecule has 0 saturated carbocycles. The Morgan fingerprint density at radius 1 is 0.759 bits per heavy atom. The van der Waals surface area contributed by atoms with Crippen LogP contribution in [0.4, 0.5) is 0 Å². The van der Waals surface area contributed by atoms with Crippen LogP contribution in [0, 0.1) is 0 Å². The highest BCUT2D eigenvalue weighted by atomic mass is 32.2. The third-order valence-electron chi connectivity index (χ3n) is 5.02. The van der Waals surface area contributed by atoms with Crippen molar-refractivity contribution in [3.8, 4) is 0 Å². The zero-order chi connectivity index (χ0) is 21.1. The van der Waals surface area contributed by atoms with Crippen LogP contribution >= 0.6 is 0 Å². The van der Waals surface area contributed by atoms with E-state index in [2.05, 4.69) is 25.5 Å². The van der Waals surface area contributed by atoms with Crippen molar-refractivity contribution in [2.45, 2.75) is 43.2 Å². The van der Waals surface area contributed by atoms with Gasteiger partial charge in [-0.2, -0.15) is 0 Å². The van der Waals surface area contributed by atoms with Gasteiger partial charge in [-0.15, -0.1) is 0 Å². The molecule has 0 amide bonds. The fourth-order valence-corrected chi connectivity index (χ4v) is 4.49. The molecule has 2 atom stereocenters. The lowest BCUT2D eigenvalue weighted by atomic mass is 9.87. The highest BCUT2D eigenvalue weighted by Gasteiger charge is 2.27. The normalized spacial score (nSPS) is 14.3. The van der Waals surface area contributed by atoms with Gasteiger partial charge >= 0.3 is 0 Å². The minimum atomic E-state index is -3.75. The molecular formula is C24H28N2O2S. The van der Waals surface area contributed by atoms with E-state index in [0.717, 1.165) is 16.7 Å². The van der Waals surface area contributed by atoms with E-state index in [0.29, 0.717) is 0 Å². The van der Waals surface area contributed by atoms with Crippen LogP contribution in [-0.4, -0.2) is 8.42 Å². The van der Waals surface area contributed by atoms with Gasteiger partial charge in [0.25, 0.3) is 0 Å². The average Bonchev–Trinajstić information content (AvgIpc) is 2.72. The van der Waals surface area contributed by atoms with Crippen LogP contribution in [0.15, 0.2) is 89.8 Å². The first-order chi connectivity index (χ1) is 13.7. The van der Waals surface area contributed by atoms with Crippen molar-refractivity contribution < 1.29 is 8.42 Å². The second kappa shape index (κ2) is 8.49. The fraction of sp³-hybridized carbons (Fsp3) is 0.250. The Bertz CT molecular complexity index is 1030. The molecule has 2 unspecified atom stereocenters. The maximum absolute atomic E-state index is 13.1. The van der Waals surface area contributed by atoms with Crippen LogP contribution in [0.3, 0.4) is 0 Å². The summed E-state index contributed by atoms with van der Waals surface area (Å²) in [7, 11) is -3.75. The summed E-state index contributed by atoms with van der Waals surface area (Å²) in [5.41, 5.74) is 9.23. The second-order valence-corrected chi connectivity index (χ2v) is 9.93. The predicted molar refractivity (Wildman–Crippen MR) is 118 cm³/mol. The van der Waals surface area contributed by atoms with Crippen LogP contribution in [0.25, 0.3) is 0 Å². The summed E-state index contributed by atoms with van der Waals surface area (Å²) < 4.78 is 29.1. The van der Waals surface area contributed by atoms with Crippen molar-refractivity contribution in [2.75, 3.05) is 0 Å². The molecule has 0 aliphatic rings. The van der Waals surface area contributed by atoms with Gasteiger partial charge in [-0.3, -0.25) is 0 Å². The number of hydrogen-bond donors (Lipinski definition) is 2. The molecule has 0 aliphatic carbocycles. The lowest BCUT2D eigenvalue weighted by Gasteiger charge is -2.26. The standard InChI is InChI=1S/C24H28N2O2S/c1-24(2,3)20-14-16-21(17-15-20)29(27,28)26-23(19-12-8-5-9-13-19)22(25)18-10-6-4-7-11-18/h4-17,22-23,26H,25H2,1-3H3. The highest BCUT2D eigenvalue weighted by molar-refractivity contribution is 7.89. The van der Waals surface area contributed by atoms with Gasteiger partial charge in [-0.25, -0.2) is 13.1 Å². The van der Waals surface area contributed by atoms with Gasteiger partial charge in [0.2, 0.25) is 10.0 Å². The van der Waals surface area contributed by atoms with E-state index in [9.17, 15) is 8.42 Å². The number of benzene rings is 3. The van der Waals surface area contributed by atoms with E-state index in [1.54, 1.807) is 12.1 Å². The van der Waals surface area contributed by atoms with Crippen LogP contribution in [-0.2, 0) is 15.4 Å². The van der Waals surface area contributed by atoms with Crippen LogP contribution in [0.2, 0.25) is 0 Å². The summed E-state index contributed by atoms with van der Waals surface area (Å²) in [6.45, 7) is 6.29. The van der Waals surface area contributed by atoms with Crippen LogP contribution in [0.1, 0.15) is 49.5 Å². The van der Waals surface area contributed by atoms with Gasteiger partial charge in [0, 0.05) is 0 Å². The molecule has 5 heteroatoms. The molecule has 3 rings (SSSR count). The van der Waals surface area contributed by atoms with Crippen molar-refractivity contribution >= 4 is 10.0 Å².